The highest BCUT2D eigenvalue weighted by atomic mass is 32.2. The first kappa shape index (κ1) is 19.3. The van der Waals surface area contributed by atoms with E-state index in [0.717, 1.165) is 10.5 Å². The summed E-state index contributed by atoms with van der Waals surface area (Å²) in [4.78, 5) is 48.1. The molecule has 0 bridgehead atoms. The van der Waals surface area contributed by atoms with Gasteiger partial charge in [0, 0.05) is 17.8 Å². The number of benzene rings is 2. The van der Waals surface area contributed by atoms with Gasteiger partial charge in [-0.1, -0.05) is 24.3 Å². The van der Waals surface area contributed by atoms with Gasteiger partial charge in [0.15, 0.2) is 0 Å². The predicted molar refractivity (Wildman–Crippen MR) is 106 cm³/mol. The lowest BCUT2D eigenvalue weighted by molar-refractivity contribution is -0.384. The van der Waals surface area contributed by atoms with Crippen LogP contribution in [0, 0.1) is 17.0 Å². The number of nitrogens with one attached hydrogen (secondary N) is 1. The zero-order valence-electron chi connectivity index (χ0n) is 14.7. The van der Waals surface area contributed by atoms with E-state index in [-0.39, 0.29) is 10.6 Å². The molecule has 28 heavy (non-hydrogen) atoms. The van der Waals surface area contributed by atoms with Gasteiger partial charge in [0.1, 0.15) is 6.54 Å². The lowest BCUT2D eigenvalue weighted by atomic mass is 10.2. The summed E-state index contributed by atoms with van der Waals surface area (Å²) in [6.45, 7) is 1.47. The Morgan fingerprint density at radius 1 is 1.21 bits per heavy atom. The molecular formula is C19H15N3O5S. The first-order valence-electron chi connectivity index (χ1n) is 8.20. The van der Waals surface area contributed by atoms with Gasteiger partial charge in [0.25, 0.3) is 16.8 Å². The monoisotopic (exact) mass is 397 g/mol. The Morgan fingerprint density at radius 2 is 1.96 bits per heavy atom. The van der Waals surface area contributed by atoms with E-state index in [1.807, 2.05) is 13.0 Å². The highest BCUT2D eigenvalue weighted by Crippen LogP contribution is 2.32. The molecule has 1 fully saturated rings. The van der Waals surface area contributed by atoms with Gasteiger partial charge in [0.2, 0.25) is 5.91 Å². The smallest absolute Gasteiger partial charge is 0.294 e. The van der Waals surface area contributed by atoms with Crippen LogP contribution in [-0.4, -0.2) is 33.4 Å². The van der Waals surface area contributed by atoms with Gasteiger partial charge in [-0.3, -0.25) is 29.4 Å². The number of nitrogens with zero attached hydrogens (tertiary/aromatic N) is 2. The Hall–Kier alpha value is -3.46. The molecule has 1 heterocycles. The third kappa shape index (κ3) is 4.44. The van der Waals surface area contributed by atoms with Crippen molar-refractivity contribution in [3.8, 4) is 0 Å². The van der Waals surface area contributed by atoms with Crippen LogP contribution in [0.5, 0.6) is 0 Å². The average Bonchev–Trinajstić information content (AvgIpc) is 2.89. The number of amides is 3. The normalized spacial score (nSPS) is 15.2. The lowest BCUT2D eigenvalue weighted by Gasteiger charge is -2.12. The summed E-state index contributed by atoms with van der Waals surface area (Å²) in [5.41, 5.74) is 1.84. The molecule has 0 aliphatic carbocycles. The molecule has 0 atom stereocenters. The number of aryl methyl sites for hydroxylation is 1. The van der Waals surface area contributed by atoms with Crippen LogP contribution >= 0.6 is 11.8 Å². The van der Waals surface area contributed by atoms with Gasteiger partial charge in [-0.15, -0.1) is 0 Å². The number of hydrogen-bond donors (Lipinski definition) is 1. The highest BCUT2D eigenvalue weighted by molar-refractivity contribution is 8.18. The number of non-ortho nitro benzene ring substituents is 1. The molecule has 8 nitrogen and oxygen atoms in total. The van der Waals surface area contributed by atoms with Crippen molar-refractivity contribution >= 4 is 46.3 Å². The van der Waals surface area contributed by atoms with Crippen LogP contribution in [0.4, 0.5) is 16.2 Å². The Balaban J connectivity index is 1.72. The topological polar surface area (TPSA) is 110 Å². The van der Waals surface area contributed by atoms with Crippen LogP contribution in [0.3, 0.4) is 0 Å². The molecule has 0 unspecified atom stereocenters. The Labute approximate surface area is 164 Å². The molecule has 1 saturated heterocycles. The van der Waals surface area contributed by atoms with Gasteiger partial charge in [-0.05, 0) is 48.0 Å². The SMILES string of the molecule is Cc1cccc(NC(=O)CN2C(=O)S/C(=C\c3cccc([N+](=O)[O-])c3)C2=O)c1. The zero-order chi connectivity index (χ0) is 20.3. The molecule has 0 saturated carbocycles. The second kappa shape index (κ2) is 8.05. The molecule has 142 valence electrons. The molecule has 1 N–H and O–H groups in total. The molecule has 0 radical (unpaired) electrons. The Kier molecular flexibility index (Phi) is 5.55. The van der Waals surface area contributed by atoms with E-state index in [2.05, 4.69) is 5.32 Å². The third-order valence-electron chi connectivity index (χ3n) is 3.86. The maximum atomic E-state index is 12.5. The fourth-order valence-corrected chi connectivity index (χ4v) is 3.42. The minimum absolute atomic E-state index is 0.105. The summed E-state index contributed by atoms with van der Waals surface area (Å²) in [5, 5.41) is 12.9. The van der Waals surface area contributed by atoms with Crippen molar-refractivity contribution in [3.63, 3.8) is 0 Å². The molecule has 3 rings (SSSR count). The van der Waals surface area contributed by atoms with E-state index in [9.17, 15) is 24.5 Å². The van der Waals surface area contributed by atoms with Crippen molar-refractivity contribution in [1.82, 2.24) is 4.90 Å². The standard InChI is InChI=1S/C19H15N3O5S/c1-12-4-2-6-14(8-12)20-17(23)11-21-18(24)16(28-19(21)25)10-13-5-3-7-15(9-13)22(26)27/h2-10H,11H2,1H3,(H,20,23)/b16-10-. The van der Waals surface area contributed by atoms with Crippen molar-refractivity contribution < 1.29 is 19.3 Å². The summed E-state index contributed by atoms with van der Waals surface area (Å²) in [6, 6.07) is 12.9. The molecule has 0 spiro atoms. The minimum atomic E-state index is -0.610. The summed E-state index contributed by atoms with van der Waals surface area (Å²) in [7, 11) is 0. The number of nitro benzene ring substituents is 1. The van der Waals surface area contributed by atoms with Crippen molar-refractivity contribution in [3.05, 3.63) is 74.7 Å². The minimum Gasteiger partial charge on any atom is -0.325 e. The first-order chi connectivity index (χ1) is 13.3. The Bertz CT molecular complexity index is 1020. The van der Waals surface area contributed by atoms with Crippen molar-refractivity contribution in [2.45, 2.75) is 6.92 Å². The van der Waals surface area contributed by atoms with Crippen LogP contribution in [0.15, 0.2) is 53.4 Å². The number of anilines is 1. The van der Waals surface area contributed by atoms with Crippen LogP contribution in [0.25, 0.3) is 6.08 Å². The summed E-state index contributed by atoms with van der Waals surface area (Å²) in [6.07, 6.45) is 1.40. The maximum absolute atomic E-state index is 12.5. The van der Waals surface area contributed by atoms with Crippen molar-refractivity contribution in [2.75, 3.05) is 11.9 Å². The second-order valence-corrected chi connectivity index (χ2v) is 7.03. The molecule has 9 heteroatoms. The van der Waals surface area contributed by atoms with Gasteiger partial charge < -0.3 is 5.32 Å². The molecule has 1 aliphatic rings. The highest BCUT2D eigenvalue weighted by Gasteiger charge is 2.36. The number of rotatable bonds is 5. The number of thioether (sulfide) groups is 1. The maximum Gasteiger partial charge on any atom is 0.294 e. The molecule has 1 aliphatic heterocycles. The van der Waals surface area contributed by atoms with E-state index < -0.39 is 28.5 Å². The third-order valence-corrected chi connectivity index (χ3v) is 4.76. The molecule has 2 aromatic carbocycles. The van der Waals surface area contributed by atoms with E-state index in [1.54, 1.807) is 24.3 Å². The zero-order valence-corrected chi connectivity index (χ0v) is 15.6. The first-order valence-corrected chi connectivity index (χ1v) is 9.01. The fraction of sp³-hybridized carbons (Fsp3) is 0.105. The largest absolute Gasteiger partial charge is 0.325 e. The van der Waals surface area contributed by atoms with Crippen LogP contribution in [0.1, 0.15) is 11.1 Å². The van der Waals surface area contributed by atoms with Gasteiger partial charge in [-0.25, -0.2) is 0 Å². The fourth-order valence-electron chi connectivity index (χ4n) is 2.58. The van der Waals surface area contributed by atoms with Gasteiger partial charge >= 0.3 is 0 Å². The predicted octanol–water partition coefficient (Wildman–Crippen LogP) is 3.58. The molecule has 0 aromatic heterocycles. The molecule has 3 amide bonds. The number of carbonyl (C=O) groups is 3. The van der Waals surface area contributed by atoms with Crippen molar-refractivity contribution in [2.24, 2.45) is 0 Å². The van der Waals surface area contributed by atoms with Gasteiger partial charge in [-0.2, -0.15) is 0 Å². The quantitative estimate of drug-likeness (QED) is 0.469. The van der Waals surface area contributed by atoms with Gasteiger partial charge in [0.05, 0.1) is 9.83 Å². The second-order valence-electron chi connectivity index (χ2n) is 6.04. The summed E-state index contributed by atoms with van der Waals surface area (Å²) in [5.74, 6) is -1.11. The summed E-state index contributed by atoms with van der Waals surface area (Å²) < 4.78 is 0. The van der Waals surface area contributed by atoms with Crippen molar-refractivity contribution in [1.29, 1.82) is 0 Å². The van der Waals surface area contributed by atoms with E-state index in [0.29, 0.717) is 23.0 Å². The number of imide groups is 1. The molecular weight excluding hydrogens is 382 g/mol. The number of nitro groups is 1. The Morgan fingerprint density at radius 3 is 2.68 bits per heavy atom. The lowest BCUT2D eigenvalue weighted by Crippen LogP contribution is -2.36. The van der Waals surface area contributed by atoms with Crippen LogP contribution < -0.4 is 5.32 Å². The van der Waals surface area contributed by atoms with E-state index in [1.165, 1.54) is 24.3 Å². The average molecular weight is 397 g/mol. The number of hydrogen-bond acceptors (Lipinski definition) is 6. The van der Waals surface area contributed by atoms with E-state index in [4.69, 9.17) is 0 Å². The molecule has 2 aromatic rings. The van der Waals surface area contributed by atoms with E-state index >= 15 is 0 Å². The van der Waals surface area contributed by atoms with Crippen LogP contribution in [-0.2, 0) is 9.59 Å². The number of carbonyl (C=O) groups excluding carboxylic acids is 3. The summed E-state index contributed by atoms with van der Waals surface area (Å²) >= 11 is 0.690. The van der Waals surface area contributed by atoms with Crippen LogP contribution in [0.2, 0.25) is 0 Å².